The zero-order valence-corrected chi connectivity index (χ0v) is 13.8. The van der Waals surface area contributed by atoms with Gasteiger partial charge in [-0.05, 0) is 19.4 Å². The predicted molar refractivity (Wildman–Crippen MR) is 85.5 cm³/mol. The second-order valence-corrected chi connectivity index (χ2v) is 6.54. The zero-order chi connectivity index (χ0) is 14.4. The zero-order valence-electron chi connectivity index (χ0n) is 12.9. The summed E-state index contributed by atoms with van der Waals surface area (Å²) in [6, 6.07) is 0.664. The van der Waals surface area contributed by atoms with Crippen molar-refractivity contribution < 1.29 is 4.74 Å². The standard InChI is InChI=1S/C15H27N3OS/c1-4-16-10-14-13(11-19-3)17-15(20-14)18(2)12-8-6-5-7-9-12/h12,16H,4-11H2,1-3H3. The molecule has 0 bridgehead atoms. The van der Waals surface area contributed by atoms with Gasteiger partial charge in [0.15, 0.2) is 5.13 Å². The van der Waals surface area contributed by atoms with E-state index < -0.39 is 0 Å². The van der Waals surface area contributed by atoms with Crippen LogP contribution in [0.2, 0.25) is 0 Å². The van der Waals surface area contributed by atoms with Gasteiger partial charge >= 0.3 is 0 Å². The molecule has 2 rings (SSSR count). The molecule has 5 heteroatoms. The van der Waals surface area contributed by atoms with Crippen molar-refractivity contribution in [3.05, 3.63) is 10.6 Å². The summed E-state index contributed by atoms with van der Waals surface area (Å²) in [6.07, 6.45) is 6.71. The van der Waals surface area contributed by atoms with Crippen molar-refractivity contribution in [3.8, 4) is 0 Å². The Labute approximate surface area is 126 Å². The van der Waals surface area contributed by atoms with Crippen LogP contribution in [0.15, 0.2) is 0 Å². The van der Waals surface area contributed by atoms with Crippen molar-refractivity contribution in [1.82, 2.24) is 10.3 Å². The highest BCUT2D eigenvalue weighted by molar-refractivity contribution is 7.15. The maximum absolute atomic E-state index is 5.28. The highest BCUT2D eigenvalue weighted by Crippen LogP contribution is 2.31. The molecule has 20 heavy (non-hydrogen) atoms. The third-order valence-corrected chi connectivity index (χ3v) is 5.20. The first-order valence-corrected chi connectivity index (χ1v) is 8.49. The molecule has 4 nitrogen and oxygen atoms in total. The number of nitrogens with one attached hydrogen (secondary N) is 1. The van der Waals surface area contributed by atoms with E-state index in [1.165, 1.54) is 37.0 Å². The molecule has 0 atom stereocenters. The van der Waals surface area contributed by atoms with Gasteiger partial charge < -0.3 is 15.0 Å². The van der Waals surface area contributed by atoms with Crippen LogP contribution in [0.3, 0.4) is 0 Å². The number of anilines is 1. The lowest BCUT2D eigenvalue weighted by Gasteiger charge is -2.30. The fourth-order valence-corrected chi connectivity index (χ4v) is 3.84. The predicted octanol–water partition coefficient (Wildman–Crippen LogP) is 3.17. The molecule has 0 amide bonds. The molecular formula is C15H27N3OS. The fraction of sp³-hybridized carbons (Fsp3) is 0.800. The van der Waals surface area contributed by atoms with Crippen LogP contribution >= 0.6 is 11.3 Å². The lowest BCUT2D eigenvalue weighted by atomic mass is 9.95. The summed E-state index contributed by atoms with van der Waals surface area (Å²) in [7, 11) is 3.93. The van der Waals surface area contributed by atoms with E-state index in [-0.39, 0.29) is 0 Å². The van der Waals surface area contributed by atoms with Crippen LogP contribution in [0, 0.1) is 0 Å². The SMILES string of the molecule is CCNCc1sc(N(C)C2CCCCC2)nc1COC. The maximum Gasteiger partial charge on any atom is 0.185 e. The average molecular weight is 297 g/mol. The Kier molecular flexibility index (Phi) is 6.26. The molecule has 0 radical (unpaired) electrons. The van der Waals surface area contributed by atoms with Gasteiger partial charge in [-0.1, -0.05) is 26.2 Å². The first-order valence-electron chi connectivity index (χ1n) is 7.67. The molecule has 0 aromatic carbocycles. The third kappa shape index (κ3) is 3.93. The Bertz CT molecular complexity index is 402. The van der Waals surface area contributed by atoms with Crippen LogP contribution in [0.25, 0.3) is 0 Å². The van der Waals surface area contributed by atoms with Crippen molar-refractivity contribution >= 4 is 16.5 Å². The monoisotopic (exact) mass is 297 g/mol. The van der Waals surface area contributed by atoms with E-state index >= 15 is 0 Å². The molecule has 0 spiro atoms. The second-order valence-electron chi connectivity index (χ2n) is 5.48. The van der Waals surface area contributed by atoms with Gasteiger partial charge in [-0.15, -0.1) is 11.3 Å². The van der Waals surface area contributed by atoms with Gasteiger partial charge in [0.25, 0.3) is 0 Å². The molecule has 0 aliphatic heterocycles. The highest BCUT2D eigenvalue weighted by Gasteiger charge is 2.22. The molecule has 1 aliphatic carbocycles. The smallest absolute Gasteiger partial charge is 0.185 e. The fourth-order valence-electron chi connectivity index (χ4n) is 2.77. The first kappa shape index (κ1) is 15.7. The Morgan fingerprint density at radius 3 is 2.75 bits per heavy atom. The molecule has 1 saturated carbocycles. The van der Waals surface area contributed by atoms with E-state index in [0.29, 0.717) is 12.6 Å². The van der Waals surface area contributed by atoms with Crippen LogP contribution in [-0.2, 0) is 17.9 Å². The van der Waals surface area contributed by atoms with Gasteiger partial charge in [-0.25, -0.2) is 4.98 Å². The lowest BCUT2D eigenvalue weighted by molar-refractivity contribution is 0.181. The van der Waals surface area contributed by atoms with E-state index in [9.17, 15) is 0 Å². The number of aromatic nitrogens is 1. The number of hydrogen-bond acceptors (Lipinski definition) is 5. The van der Waals surface area contributed by atoms with Gasteiger partial charge in [-0.3, -0.25) is 0 Å². The van der Waals surface area contributed by atoms with Gasteiger partial charge in [0.1, 0.15) is 0 Å². The maximum atomic E-state index is 5.28. The minimum absolute atomic E-state index is 0.607. The van der Waals surface area contributed by atoms with E-state index in [1.54, 1.807) is 7.11 Å². The Balaban J connectivity index is 2.09. The topological polar surface area (TPSA) is 37.4 Å². The van der Waals surface area contributed by atoms with Crippen LogP contribution in [0.5, 0.6) is 0 Å². The number of rotatable bonds is 7. The number of nitrogens with zero attached hydrogens (tertiary/aromatic N) is 2. The van der Waals surface area contributed by atoms with Crippen LogP contribution in [-0.4, -0.2) is 31.7 Å². The van der Waals surface area contributed by atoms with Crippen molar-refractivity contribution in [2.24, 2.45) is 0 Å². The van der Waals surface area contributed by atoms with Crippen molar-refractivity contribution in [1.29, 1.82) is 0 Å². The molecule has 1 aliphatic rings. The van der Waals surface area contributed by atoms with Crippen LogP contribution < -0.4 is 10.2 Å². The molecule has 1 N–H and O–H groups in total. The van der Waals surface area contributed by atoms with Crippen LogP contribution in [0.1, 0.15) is 49.6 Å². The lowest BCUT2D eigenvalue weighted by Crippen LogP contribution is -2.33. The summed E-state index contributed by atoms with van der Waals surface area (Å²) in [5.74, 6) is 0. The number of thiazole rings is 1. The van der Waals surface area contributed by atoms with Crippen molar-refractivity contribution in [3.63, 3.8) is 0 Å². The molecular weight excluding hydrogens is 270 g/mol. The molecule has 0 saturated heterocycles. The summed E-state index contributed by atoms with van der Waals surface area (Å²) in [5, 5.41) is 4.54. The summed E-state index contributed by atoms with van der Waals surface area (Å²) in [4.78, 5) is 8.51. The largest absolute Gasteiger partial charge is 0.378 e. The second kappa shape index (κ2) is 7.96. The molecule has 0 unspecified atom stereocenters. The first-order chi connectivity index (χ1) is 9.76. The van der Waals surface area contributed by atoms with E-state index in [1.807, 2.05) is 11.3 Å². The van der Waals surface area contributed by atoms with E-state index in [4.69, 9.17) is 9.72 Å². The van der Waals surface area contributed by atoms with Gasteiger partial charge in [-0.2, -0.15) is 0 Å². The Morgan fingerprint density at radius 2 is 2.10 bits per heavy atom. The normalized spacial score (nSPS) is 16.6. The minimum Gasteiger partial charge on any atom is -0.378 e. The molecule has 114 valence electrons. The van der Waals surface area contributed by atoms with Crippen molar-refractivity contribution in [2.75, 3.05) is 25.6 Å². The van der Waals surface area contributed by atoms with Gasteiger partial charge in [0.05, 0.1) is 12.3 Å². The quantitative estimate of drug-likeness (QED) is 0.839. The minimum atomic E-state index is 0.607. The van der Waals surface area contributed by atoms with Crippen LogP contribution in [0.4, 0.5) is 5.13 Å². The van der Waals surface area contributed by atoms with Gasteiger partial charge in [0.2, 0.25) is 0 Å². The summed E-state index contributed by atoms with van der Waals surface area (Å²) in [5.41, 5.74) is 1.09. The number of ether oxygens (including phenoxy) is 1. The average Bonchev–Trinajstić information content (AvgIpc) is 2.89. The summed E-state index contributed by atoms with van der Waals surface area (Å²) < 4.78 is 5.28. The highest BCUT2D eigenvalue weighted by atomic mass is 32.1. The Hall–Kier alpha value is -0.650. The van der Waals surface area contributed by atoms with Crippen molar-refractivity contribution in [2.45, 2.75) is 58.2 Å². The Morgan fingerprint density at radius 1 is 1.35 bits per heavy atom. The number of methoxy groups -OCH3 is 1. The molecule has 1 fully saturated rings. The molecule has 1 heterocycles. The summed E-state index contributed by atoms with van der Waals surface area (Å²) >= 11 is 1.81. The van der Waals surface area contributed by atoms with E-state index in [0.717, 1.165) is 23.9 Å². The summed E-state index contributed by atoms with van der Waals surface area (Å²) in [6.45, 7) is 4.62. The van der Waals surface area contributed by atoms with Gasteiger partial charge in [0, 0.05) is 31.6 Å². The number of hydrogen-bond donors (Lipinski definition) is 1. The molecule has 1 aromatic heterocycles. The van der Waals surface area contributed by atoms with E-state index in [2.05, 4.69) is 24.2 Å². The molecule has 1 aromatic rings. The third-order valence-electron chi connectivity index (χ3n) is 4.01.